The molecule has 24 heavy (non-hydrogen) atoms. The molecular weight excluding hydrogens is 355 g/mol. The largest absolute Gasteiger partial charge is 0.464 e. The standard InChI is InChI=1S/C12H11ClF3N5O3/c1-20-4-5(7(18-20)11(23)24-3)17-10(22)8-6(13)9(12(14,15)16)19-21(8)2/h4H,1-3H3,(H,17,22). The number of nitrogens with zero attached hydrogens (tertiary/aromatic N) is 4. The molecule has 0 aliphatic heterocycles. The van der Waals surface area contributed by atoms with Crippen LogP contribution in [0.2, 0.25) is 5.02 Å². The molecule has 0 aliphatic rings. The van der Waals surface area contributed by atoms with Crippen molar-refractivity contribution in [2.45, 2.75) is 6.18 Å². The van der Waals surface area contributed by atoms with Gasteiger partial charge in [-0.1, -0.05) is 11.6 Å². The number of amides is 1. The van der Waals surface area contributed by atoms with E-state index in [1.807, 2.05) is 0 Å². The lowest BCUT2D eigenvalue weighted by Crippen LogP contribution is -2.18. The van der Waals surface area contributed by atoms with Crippen LogP contribution in [0.4, 0.5) is 18.9 Å². The van der Waals surface area contributed by atoms with E-state index >= 15 is 0 Å². The van der Waals surface area contributed by atoms with Gasteiger partial charge >= 0.3 is 12.1 Å². The van der Waals surface area contributed by atoms with Crippen molar-refractivity contribution in [3.05, 3.63) is 28.3 Å². The molecule has 12 heteroatoms. The van der Waals surface area contributed by atoms with Crippen LogP contribution in [0.5, 0.6) is 0 Å². The van der Waals surface area contributed by atoms with E-state index in [1.54, 1.807) is 0 Å². The third-order valence-electron chi connectivity index (χ3n) is 2.93. The Kier molecular flexibility index (Phi) is 4.56. The predicted molar refractivity (Wildman–Crippen MR) is 75.7 cm³/mol. The number of rotatable bonds is 3. The highest BCUT2D eigenvalue weighted by atomic mass is 35.5. The fraction of sp³-hybridized carbons (Fsp3) is 0.333. The zero-order valence-corrected chi connectivity index (χ0v) is 13.4. The minimum absolute atomic E-state index is 0.0415. The van der Waals surface area contributed by atoms with E-state index in [1.165, 1.54) is 17.9 Å². The van der Waals surface area contributed by atoms with Crippen molar-refractivity contribution < 1.29 is 27.5 Å². The maximum atomic E-state index is 12.8. The fourth-order valence-electron chi connectivity index (χ4n) is 1.93. The molecule has 0 aliphatic carbocycles. The summed E-state index contributed by atoms with van der Waals surface area (Å²) in [4.78, 5) is 23.8. The van der Waals surface area contributed by atoms with Crippen LogP contribution < -0.4 is 5.32 Å². The quantitative estimate of drug-likeness (QED) is 0.838. The number of carbonyl (C=O) groups is 2. The summed E-state index contributed by atoms with van der Waals surface area (Å²) >= 11 is 5.63. The number of hydrogen-bond acceptors (Lipinski definition) is 5. The summed E-state index contributed by atoms with van der Waals surface area (Å²) in [5.74, 6) is -1.80. The van der Waals surface area contributed by atoms with E-state index < -0.39 is 34.5 Å². The van der Waals surface area contributed by atoms with Crippen molar-refractivity contribution >= 4 is 29.2 Å². The number of methoxy groups -OCH3 is 1. The smallest absolute Gasteiger partial charge is 0.436 e. The lowest BCUT2D eigenvalue weighted by atomic mass is 10.3. The molecule has 1 amide bonds. The Balaban J connectivity index is 2.39. The first-order chi connectivity index (χ1) is 11.1. The van der Waals surface area contributed by atoms with Crippen molar-refractivity contribution in [1.82, 2.24) is 19.6 Å². The minimum atomic E-state index is -4.81. The van der Waals surface area contributed by atoms with E-state index in [0.29, 0.717) is 4.68 Å². The third-order valence-corrected chi connectivity index (χ3v) is 3.29. The van der Waals surface area contributed by atoms with Crippen LogP contribution in [0, 0.1) is 0 Å². The van der Waals surface area contributed by atoms with Crippen molar-refractivity contribution in [2.75, 3.05) is 12.4 Å². The number of esters is 1. The second kappa shape index (κ2) is 6.15. The van der Waals surface area contributed by atoms with E-state index in [4.69, 9.17) is 11.6 Å². The Morgan fingerprint density at radius 3 is 2.42 bits per heavy atom. The number of aromatic nitrogens is 4. The maximum absolute atomic E-state index is 12.8. The van der Waals surface area contributed by atoms with Gasteiger partial charge in [0.25, 0.3) is 5.91 Å². The number of halogens is 4. The summed E-state index contributed by atoms with van der Waals surface area (Å²) in [6.45, 7) is 0. The van der Waals surface area contributed by atoms with Crippen LogP contribution in [-0.4, -0.2) is 38.5 Å². The zero-order valence-electron chi connectivity index (χ0n) is 12.6. The van der Waals surface area contributed by atoms with Crippen LogP contribution in [0.3, 0.4) is 0 Å². The van der Waals surface area contributed by atoms with Crippen LogP contribution in [0.15, 0.2) is 6.20 Å². The molecule has 1 N–H and O–H groups in total. The van der Waals surface area contributed by atoms with E-state index in [0.717, 1.165) is 14.2 Å². The number of aryl methyl sites for hydroxylation is 2. The monoisotopic (exact) mass is 365 g/mol. The van der Waals surface area contributed by atoms with E-state index in [-0.39, 0.29) is 11.4 Å². The molecule has 0 atom stereocenters. The highest BCUT2D eigenvalue weighted by molar-refractivity contribution is 6.35. The molecule has 0 saturated carbocycles. The summed E-state index contributed by atoms with van der Waals surface area (Å²) < 4.78 is 44.8. The predicted octanol–water partition coefficient (Wildman–Crippen LogP) is 1.86. The first-order valence-electron chi connectivity index (χ1n) is 6.29. The third kappa shape index (κ3) is 3.20. The molecule has 0 radical (unpaired) electrons. The van der Waals surface area contributed by atoms with Crippen LogP contribution in [-0.2, 0) is 25.0 Å². The SMILES string of the molecule is COC(=O)c1nn(C)cc1NC(=O)c1c(Cl)c(C(F)(F)F)nn1C. The second-order valence-electron chi connectivity index (χ2n) is 4.64. The molecule has 0 spiro atoms. The second-order valence-corrected chi connectivity index (χ2v) is 5.02. The van der Waals surface area contributed by atoms with Gasteiger partial charge in [0.05, 0.1) is 12.8 Å². The number of hydrogen-bond donors (Lipinski definition) is 1. The summed E-state index contributed by atoms with van der Waals surface area (Å²) in [6.07, 6.45) is -3.52. The molecule has 8 nitrogen and oxygen atoms in total. The first-order valence-corrected chi connectivity index (χ1v) is 6.67. The summed E-state index contributed by atoms with van der Waals surface area (Å²) in [5.41, 5.74) is -2.14. The van der Waals surface area contributed by atoms with Gasteiger partial charge in [0.2, 0.25) is 0 Å². The average molecular weight is 366 g/mol. The van der Waals surface area contributed by atoms with Gasteiger partial charge < -0.3 is 10.1 Å². The Bertz CT molecular complexity index is 812. The molecule has 0 unspecified atom stereocenters. The van der Waals surface area contributed by atoms with Crippen LogP contribution >= 0.6 is 11.6 Å². The zero-order chi connectivity index (χ0) is 18.2. The molecular formula is C12H11ClF3N5O3. The number of ether oxygens (including phenoxy) is 1. The van der Waals surface area contributed by atoms with Crippen molar-refractivity contribution in [3.8, 4) is 0 Å². The molecule has 2 aromatic heterocycles. The fourth-order valence-corrected chi connectivity index (χ4v) is 2.29. The maximum Gasteiger partial charge on any atom is 0.436 e. The summed E-state index contributed by atoms with van der Waals surface area (Å²) in [6, 6.07) is 0. The normalized spacial score (nSPS) is 11.5. The van der Waals surface area contributed by atoms with Gasteiger partial charge in [-0.3, -0.25) is 14.2 Å². The minimum Gasteiger partial charge on any atom is -0.464 e. The average Bonchev–Trinajstić information content (AvgIpc) is 2.97. The number of carbonyl (C=O) groups excluding carboxylic acids is 2. The lowest BCUT2D eigenvalue weighted by Gasteiger charge is -2.05. The van der Waals surface area contributed by atoms with Crippen molar-refractivity contribution in [2.24, 2.45) is 14.1 Å². The van der Waals surface area contributed by atoms with Crippen molar-refractivity contribution in [1.29, 1.82) is 0 Å². The summed E-state index contributed by atoms with van der Waals surface area (Å²) in [7, 11) is 3.75. The van der Waals surface area contributed by atoms with Crippen LogP contribution in [0.25, 0.3) is 0 Å². The van der Waals surface area contributed by atoms with Gasteiger partial charge in [-0.05, 0) is 0 Å². The van der Waals surface area contributed by atoms with Gasteiger partial charge in [0.15, 0.2) is 11.4 Å². The van der Waals surface area contributed by atoms with Crippen LogP contribution in [0.1, 0.15) is 26.7 Å². The topological polar surface area (TPSA) is 91.0 Å². The summed E-state index contributed by atoms with van der Waals surface area (Å²) in [5, 5.41) is 8.45. The first kappa shape index (κ1) is 17.8. The number of nitrogens with one attached hydrogen (secondary N) is 1. The van der Waals surface area contributed by atoms with E-state index in [9.17, 15) is 22.8 Å². The molecule has 2 rings (SSSR count). The molecule has 0 saturated heterocycles. The highest BCUT2D eigenvalue weighted by Gasteiger charge is 2.39. The Morgan fingerprint density at radius 1 is 1.29 bits per heavy atom. The molecule has 2 aromatic rings. The van der Waals surface area contributed by atoms with E-state index in [2.05, 4.69) is 20.3 Å². The Morgan fingerprint density at radius 2 is 1.92 bits per heavy atom. The highest BCUT2D eigenvalue weighted by Crippen LogP contribution is 2.35. The van der Waals surface area contributed by atoms with Gasteiger partial charge in [0, 0.05) is 20.3 Å². The molecule has 0 bridgehead atoms. The molecule has 130 valence electrons. The Hall–Kier alpha value is -2.56. The molecule has 0 aromatic carbocycles. The van der Waals surface area contributed by atoms with Gasteiger partial charge in [-0.2, -0.15) is 23.4 Å². The van der Waals surface area contributed by atoms with Crippen molar-refractivity contribution in [3.63, 3.8) is 0 Å². The Labute approximate surface area is 138 Å². The molecule has 2 heterocycles. The lowest BCUT2D eigenvalue weighted by molar-refractivity contribution is -0.141. The van der Waals surface area contributed by atoms with Gasteiger partial charge in [0.1, 0.15) is 10.7 Å². The van der Waals surface area contributed by atoms with Gasteiger partial charge in [-0.15, -0.1) is 0 Å². The number of anilines is 1. The molecule has 0 fully saturated rings. The van der Waals surface area contributed by atoms with Gasteiger partial charge in [-0.25, -0.2) is 4.79 Å². The number of alkyl halides is 3.